The van der Waals surface area contributed by atoms with Crippen LogP contribution in [0.25, 0.3) is 0 Å². The Morgan fingerprint density at radius 2 is 1.89 bits per heavy atom. The highest BCUT2D eigenvalue weighted by Crippen LogP contribution is 2.21. The first kappa shape index (κ1) is 31.1. The van der Waals surface area contributed by atoms with Gasteiger partial charge in [-0.3, -0.25) is 14.4 Å². The van der Waals surface area contributed by atoms with Gasteiger partial charge >= 0.3 is 12.1 Å². The molecule has 2 unspecified atom stereocenters. The summed E-state index contributed by atoms with van der Waals surface area (Å²) < 4.78 is 10.3. The molecule has 2 rings (SSSR count). The maximum absolute atomic E-state index is 13.6. The first-order chi connectivity index (χ1) is 17.9. The van der Waals surface area contributed by atoms with Gasteiger partial charge in [-0.2, -0.15) is 0 Å². The van der Waals surface area contributed by atoms with Gasteiger partial charge in [0.25, 0.3) is 0 Å². The number of nitrogens with zero attached hydrogens (tertiary/aromatic N) is 1. The molecule has 0 spiro atoms. The Balaban J connectivity index is 2.19. The van der Waals surface area contributed by atoms with Crippen LogP contribution in [0.5, 0.6) is 0 Å². The maximum Gasteiger partial charge on any atom is 0.408 e. The standard InChI is InChI=1S/C27H44N4O7/c1-6-10-21(31-16-9-8-11-20(25(31)35)30-26(36)38-27(3,4)5)24(34)29-19(12-13-22(32)37-7-2)17-18-14-15-28-23(18)33/h12-13,18-21H,6-11,14-17H2,1-5H3,(H,28,33)(H,29,34)(H,30,36)/b13-12+/t18?,19-,20?,21+/m1/s1. The molecule has 38 heavy (non-hydrogen) atoms. The minimum Gasteiger partial charge on any atom is -0.463 e. The number of hydrogen-bond donors (Lipinski definition) is 3. The van der Waals surface area contributed by atoms with Crippen LogP contribution in [0.2, 0.25) is 0 Å². The molecule has 0 saturated carbocycles. The van der Waals surface area contributed by atoms with Crippen LogP contribution in [0.15, 0.2) is 12.2 Å². The topological polar surface area (TPSA) is 143 Å². The van der Waals surface area contributed by atoms with E-state index < -0.39 is 35.8 Å². The molecule has 2 heterocycles. The van der Waals surface area contributed by atoms with E-state index in [0.717, 1.165) is 0 Å². The molecule has 0 aliphatic carbocycles. The van der Waals surface area contributed by atoms with Crippen molar-refractivity contribution in [3.63, 3.8) is 0 Å². The van der Waals surface area contributed by atoms with Crippen molar-refractivity contribution in [2.24, 2.45) is 5.92 Å². The minimum absolute atomic E-state index is 0.0855. The van der Waals surface area contributed by atoms with Crippen molar-refractivity contribution in [1.29, 1.82) is 0 Å². The third-order valence-corrected chi connectivity index (χ3v) is 6.44. The summed E-state index contributed by atoms with van der Waals surface area (Å²) in [5.74, 6) is -1.60. The van der Waals surface area contributed by atoms with E-state index in [1.807, 2.05) is 6.92 Å². The first-order valence-corrected chi connectivity index (χ1v) is 13.7. The van der Waals surface area contributed by atoms with Crippen molar-refractivity contribution in [2.45, 2.75) is 103 Å². The Morgan fingerprint density at radius 3 is 2.50 bits per heavy atom. The molecule has 2 aliphatic rings. The average molecular weight is 537 g/mol. The number of alkyl carbamates (subject to hydrolysis) is 1. The largest absolute Gasteiger partial charge is 0.463 e. The molecule has 4 atom stereocenters. The van der Waals surface area contributed by atoms with Gasteiger partial charge in [-0.1, -0.05) is 19.4 Å². The smallest absolute Gasteiger partial charge is 0.408 e. The third kappa shape index (κ3) is 9.98. The summed E-state index contributed by atoms with van der Waals surface area (Å²) in [6, 6.07) is -2.15. The molecular formula is C27H44N4O7. The second-order valence-electron chi connectivity index (χ2n) is 10.8. The van der Waals surface area contributed by atoms with Crippen molar-refractivity contribution < 1.29 is 33.4 Å². The van der Waals surface area contributed by atoms with Crippen molar-refractivity contribution in [3.05, 3.63) is 12.2 Å². The minimum atomic E-state index is -0.791. The molecule has 0 bridgehead atoms. The van der Waals surface area contributed by atoms with Crippen molar-refractivity contribution in [2.75, 3.05) is 19.7 Å². The molecule has 0 radical (unpaired) electrons. The van der Waals surface area contributed by atoms with Gasteiger partial charge in [0.2, 0.25) is 17.7 Å². The molecule has 0 aromatic heterocycles. The lowest BCUT2D eigenvalue weighted by atomic mass is 9.97. The fourth-order valence-electron chi connectivity index (χ4n) is 4.69. The molecule has 3 N–H and O–H groups in total. The van der Waals surface area contributed by atoms with Gasteiger partial charge in [0.05, 0.1) is 6.61 Å². The van der Waals surface area contributed by atoms with Gasteiger partial charge in [-0.25, -0.2) is 9.59 Å². The van der Waals surface area contributed by atoms with E-state index in [-0.39, 0.29) is 30.2 Å². The predicted molar refractivity (Wildman–Crippen MR) is 141 cm³/mol. The van der Waals surface area contributed by atoms with Gasteiger partial charge in [0.15, 0.2) is 0 Å². The Bertz CT molecular complexity index is 883. The van der Waals surface area contributed by atoms with Crippen LogP contribution >= 0.6 is 0 Å². The Labute approximate surface area is 225 Å². The fraction of sp³-hybridized carbons (Fsp3) is 0.741. The molecule has 214 valence electrons. The third-order valence-electron chi connectivity index (χ3n) is 6.44. The summed E-state index contributed by atoms with van der Waals surface area (Å²) in [6.07, 6.45) is 6.03. The second kappa shape index (κ2) is 14.7. The highest BCUT2D eigenvalue weighted by Gasteiger charge is 2.37. The fourth-order valence-corrected chi connectivity index (χ4v) is 4.69. The number of carbonyl (C=O) groups excluding carboxylic acids is 5. The molecule has 2 fully saturated rings. The van der Waals surface area contributed by atoms with E-state index >= 15 is 0 Å². The van der Waals surface area contributed by atoms with E-state index in [1.54, 1.807) is 38.7 Å². The molecule has 4 amide bonds. The zero-order chi connectivity index (χ0) is 28.3. The van der Waals surface area contributed by atoms with Gasteiger partial charge in [-0.05, 0) is 66.2 Å². The number of likely N-dealkylation sites (tertiary alicyclic amines) is 1. The van der Waals surface area contributed by atoms with Crippen LogP contribution in [0, 0.1) is 5.92 Å². The van der Waals surface area contributed by atoms with Crippen LogP contribution in [0.1, 0.15) is 79.6 Å². The zero-order valence-corrected chi connectivity index (χ0v) is 23.3. The van der Waals surface area contributed by atoms with Gasteiger partial charge < -0.3 is 30.3 Å². The Kier molecular flexibility index (Phi) is 12.1. The van der Waals surface area contributed by atoms with Crippen LogP contribution in [-0.2, 0) is 28.7 Å². The molecular weight excluding hydrogens is 492 g/mol. The van der Waals surface area contributed by atoms with Gasteiger partial charge in [-0.15, -0.1) is 0 Å². The van der Waals surface area contributed by atoms with Crippen LogP contribution in [0.4, 0.5) is 4.79 Å². The van der Waals surface area contributed by atoms with Crippen LogP contribution < -0.4 is 16.0 Å². The first-order valence-electron chi connectivity index (χ1n) is 13.7. The number of rotatable bonds is 11. The maximum atomic E-state index is 13.6. The summed E-state index contributed by atoms with van der Waals surface area (Å²) >= 11 is 0. The van der Waals surface area contributed by atoms with E-state index in [9.17, 15) is 24.0 Å². The lowest BCUT2D eigenvalue weighted by Gasteiger charge is -2.33. The number of ether oxygens (including phenoxy) is 2. The summed E-state index contributed by atoms with van der Waals surface area (Å²) in [5, 5.41) is 8.42. The van der Waals surface area contributed by atoms with Gasteiger partial charge in [0, 0.05) is 31.1 Å². The van der Waals surface area contributed by atoms with E-state index in [4.69, 9.17) is 9.47 Å². The number of amides is 4. The number of carbonyl (C=O) groups is 5. The molecule has 11 heteroatoms. The Morgan fingerprint density at radius 1 is 1.16 bits per heavy atom. The average Bonchev–Trinajstić information content (AvgIpc) is 3.14. The highest BCUT2D eigenvalue weighted by atomic mass is 16.6. The summed E-state index contributed by atoms with van der Waals surface area (Å²) in [6.45, 7) is 10.0. The molecule has 2 aliphatic heterocycles. The Hall–Kier alpha value is -3.11. The predicted octanol–water partition coefficient (Wildman–Crippen LogP) is 2.19. The molecule has 0 aromatic carbocycles. The van der Waals surface area contributed by atoms with Crippen molar-refractivity contribution in [3.8, 4) is 0 Å². The number of nitrogens with one attached hydrogen (secondary N) is 3. The summed E-state index contributed by atoms with van der Waals surface area (Å²) in [4.78, 5) is 65.1. The van der Waals surface area contributed by atoms with E-state index in [2.05, 4.69) is 16.0 Å². The normalized spacial score (nSPS) is 21.9. The van der Waals surface area contributed by atoms with E-state index in [0.29, 0.717) is 58.0 Å². The van der Waals surface area contributed by atoms with E-state index in [1.165, 1.54) is 6.08 Å². The molecule has 0 aromatic rings. The molecule has 11 nitrogen and oxygen atoms in total. The zero-order valence-electron chi connectivity index (χ0n) is 23.3. The number of hydrogen-bond acceptors (Lipinski definition) is 7. The van der Waals surface area contributed by atoms with Gasteiger partial charge in [0.1, 0.15) is 17.7 Å². The lowest BCUT2D eigenvalue weighted by molar-refractivity contribution is -0.142. The quantitative estimate of drug-likeness (QED) is 0.271. The summed E-state index contributed by atoms with van der Waals surface area (Å²) in [5.41, 5.74) is -0.704. The second-order valence-corrected chi connectivity index (χ2v) is 10.8. The SMILES string of the molecule is CCC[C@@H](C(=O)N[C@H](/C=C/C(=O)OCC)CC1CCNC1=O)N1CCCCC(NC(=O)OC(C)(C)C)C1=O. The highest BCUT2D eigenvalue weighted by molar-refractivity contribution is 5.92. The number of esters is 1. The lowest BCUT2D eigenvalue weighted by Crippen LogP contribution is -2.56. The molecule has 2 saturated heterocycles. The van der Waals surface area contributed by atoms with Crippen LogP contribution in [-0.4, -0.2) is 78.1 Å². The monoisotopic (exact) mass is 536 g/mol. The van der Waals surface area contributed by atoms with Crippen LogP contribution in [0.3, 0.4) is 0 Å². The van der Waals surface area contributed by atoms with Crippen molar-refractivity contribution >= 4 is 29.8 Å². The summed E-state index contributed by atoms with van der Waals surface area (Å²) in [7, 11) is 0. The van der Waals surface area contributed by atoms with Crippen molar-refractivity contribution in [1.82, 2.24) is 20.9 Å².